The van der Waals surface area contributed by atoms with Crippen molar-refractivity contribution in [2.45, 2.75) is 33.7 Å². The Morgan fingerprint density at radius 1 is 0.944 bits per heavy atom. The van der Waals surface area contributed by atoms with E-state index in [9.17, 15) is 14.4 Å². The number of ether oxygens (including phenoxy) is 1. The van der Waals surface area contributed by atoms with Crippen LogP contribution in [0, 0.1) is 0 Å². The van der Waals surface area contributed by atoms with Gasteiger partial charge in [0.1, 0.15) is 11.5 Å². The molecule has 0 fully saturated rings. The third-order valence-electron chi connectivity index (χ3n) is 6.00. The lowest BCUT2D eigenvalue weighted by Gasteiger charge is -2.11. The monoisotopic (exact) mass is 548 g/mol. The fraction of sp³-hybridized carbons (Fsp3) is 0.214. The summed E-state index contributed by atoms with van der Waals surface area (Å²) in [6.45, 7) is 5.70. The number of methoxy groups -OCH3 is 1. The molecule has 4 aromatic rings. The fourth-order valence-corrected chi connectivity index (χ4v) is 4.61. The lowest BCUT2D eigenvalue weighted by molar-refractivity contribution is -0.140. The molecule has 0 amide bonds. The van der Waals surface area contributed by atoms with Gasteiger partial charge in [0.05, 0.1) is 23.6 Å². The highest BCUT2D eigenvalue weighted by Gasteiger charge is 2.24. The van der Waals surface area contributed by atoms with E-state index in [1.54, 1.807) is 25.1 Å². The van der Waals surface area contributed by atoms with E-state index in [4.69, 9.17) is 9.57 Å². The van der Waals surface area contributed by atoms with Crippen molar-refractivity contribution >= 4 is 61.0 Å². The van der Waals surface area contributed by atoms with Gasteiger partial charge < -0.3 is 14.1 Å². The summed E-state index contributed by atoms with van der Waals surface area (Å²) in [5, 5.41) is 5.28. The van der Waals surface area contributed by atoms with Crippen molar-refractivity contribution in [2.24, 2.45) is 5.16 Å². The number of oxime groups is 1. The van der Waals surface area contributed by atoms with Gasteiger partial charge in [0.15, 0.2) is 5.78 Å². The lowest BCUT2D eigenvalue weighted by atomic mass is 9.98. The number of ketones is 2. The molecule has 0 bridgehead atoms. The number of Topliss-reactive ketones (excluding diaryl/α,β-unsaturated/α-hetero) is 1. The van der Waals surface area contributed by atoms with Gasteiger partial charge in [-0.2, -0.15) is 0 Å². The number of carbonyl (C=O) groups is 3. The summed E-state index contributed by atoms with van der Waals surface area (Å²) in [5.41, 5.74) is 3.32. The van der Waals surface area contributed by atoms with Gasteiger partial charge in [0.25, 0.3) is 0 Å². The molecule has 3 aromatic carbocycles. The van der Waals surface area contributed by atoms with Crippen molar-refractivity contribution in [1.82, 2.24) is 4.57 Å². The minimum absolute atomic E-state index is 0.102. The molecule has 0 unspecified atom stereocenters. The predicted octanol–water partition coefficient (Wildman–Crippen LogP) is 6.33. The van der Waals surface area contributed by atoms with Gasteiger partial charge in [-0.25, -0.2) is 4.79 Å². The zero-order valence-corrected chi connectivity index (χ0v) is 22.0. The highest BCUT2D eigenvalue weighted by Crippen LogP contribution is 2.39. The Hall–Kier alpha value is -3.78. The largest absolute Gasteiger partial charge is 0.495 e. The number of carbonyl (C=O) groups excluding carboxylic acids is 3. The Labute approximate surface area is 216 Å². The smallest absolute Gasteiger partial charge is 0.331 e. The maximum absolute atomic E-state index is 13.3. The molecule has 0 radical (unpaired) electrons. The van der Waals surface area contributed by atoms with Gasteiger partial charge in [-0.1, -0.05) is 28.0 Å². The maximum Gasteiger partial charge on any atom is 0.331 e. The number of aromatic nitrogens is 1. The van der Waals surface area contributed by atoms with Crippen LogP contribution in [0.1, 0.15) is 53.5 Å². The first-order valence-electron chi connectivity index (χ1n) is 11.5. The molecule has 0 saturated heterocycles. The summed E-state index contributed by atoms with van der Waals surface area (Å²) >= 11 is 3.40. The van der Waals surface area contributed by atoms with E-state index < -0.39 is 11.8 Å². The molecule has 0 spiro atoms. The molecule has 4 rings (SSSR count). The van der Waals surface area contributed by atoms with Crippen LogP contribution in [0.15, 0.2) is 64.2 Å². The number of fused-ring (bicyclic) bond motifs is 3. The van der Waals surface area contributed by atoms with E-state index in [2.05, 4.69) is 25.7 Å². The average Bonchev–Trinajstić information content (AvgIpc) is 3.21. The van der Waals surface area contributed by atoms with Crippen molar-refractivity contribution in [3.8, 4) is 5.75 Å². The first-order chi connectivity index (χ1) is 17.3. The van der Waals surface area contributed by atoms with Crippen LogP contribution in [0.3, 0.4) is 0 Å². The van der Waals surface area contributed by atoms with Crippen molar-refractivity contribution in [3.63, 3.8) is 0 Å². The Bertz CT molecular complexity index is 1530. The first kappa shape index (κ1) is 25.3. The highest BCUT2D eigenvalue weighted by molar-refractivity contribution is 9.10. The quantitative estimate of drug-likeness (QED) is 0.111. The number of rotatable bonds is 8. The number of hydrogen-bond donors (Lipinski definition) is 0. The van der Waals surface area contributed by atoms with Gasteiger partial charge in [0.2, 0.25) is 5.78 Å². The van der Waals surface area contributed by atoms with Gasteiger partial charge >= 0.3 is 5.97 Å². The molecular formula is C28H25BrN2O5. The van der Waals surface area contributed by atoms with E-state index in [1.807, 2.05) is 43.3 Å². The van der Waals surface area contributed by atoms with Crippen LogP contribution in [0.25, 0.3) is 21.8 Å². The Morgan fingerprint density at radius 3 is 2.22 bits per heavy atom. The predicted molar refractivity (Wildman–Crippen MR) is 143 cm³/mol. The molecule has 7 nitrogen and oxygen atoms in total. The molecule has 0 saturated carbocycles. The van der Waals surface area contributed by atoms with Crippen LogP contribution >= 0.6 is 15.9 Å². The lowest BCUT2D eigenvalue weighted by Crippen LogP contribution is -2.16. The summed E-state index contributed by atoms with van der Waals surface area (Å²) in [5.74, 6) is -0.719. The van der Waals surface area contributed by atoms with Crippen LogP contribution in [-0.4, -0.2) is 34.9 Å². The maximum atomic E-state index is 13.3. The Morgan fingerprint density at radius 2 is 1.61 bits per heavy atom. The van der Waals surface area contributed by atoms with Crippen LogP contribution < -0.4 is 4.74 Å². The Kier molecular flexibility index (Phi) is 7.35. The molecule has 8 heteroatoms. The van der Waals surface area contributed by atoms with Crippen molar-refractivity contribution in [1.29, 1.82) is 0 Å². The topological polar surface area (TPSA) is 87.0 Å². The fourth-order valence-electron chi connectivity index (χ4n) is 4.34. The van der Waals surface area contributed by atoms with Crippen molar-refractivity contribution < 1.29 is 24.0 Å². The van der Waals surface area contributed by atoms with E-state index in [1.165, 1.54) is 14.0 Å². The highest BCUT2D eigenvalue weighted by atomic mass is 79.9. The number of hydrogen-bond acceptors (Lipinski definition) is 6. The second-order valence-corrected chi connectivity index (χ2v) is 9.07. The van der Waals surface area contributed by atoms with Gasteiger partial charge in [-0.05, 0) is 67.9 Å². The summed E-state index contributed by atoms with van der Waals surface area (Å²) < 4.78 is 8.79. The molecule has 0 aliphatic heterocycles. The van der Waals surface area contributed by atoms with Gasteiger partial charge in [-0.15, -0.1) is 0 Å². The molecule has 0 aliphatic carbocycles. The van der Waals surface area contributed by atoms with Crippen molar-refractivity contribution in [3.05, 3.63) is 75.8 Å². The third-order valence-corrected chi connectivity index (χ3v) is 6.53. The second-order valence-electron chi connectivity index (χ2n) is 8.16. The molecule has 1 heterocycles. The van der Waals surface area contributed by atoms with E-state index in [0.717, 1.165) is 26.3 Å². The van der Waals surface area contributed by atoms with E-state index >= 15 is 0 Å². The first-order valence-corrected chi connectivity index (χ1v) is 12.3. The normalized spacial score (nSPS) is 11.6. The molecule has 184 valence electrons. The SMILES string of the molecule is CC/C(=N\OC(C)=O)C(=O)c1ccc2c(c1OC)c1cc(C(=O)c3ccc(Br)cc3)ccc1n2CC. The molecule has 36 heavy (non-hydrogen) atoms. The standard InChI is InChI=1S/C28H25BrN2O5/c1-5-22(30-36-16(3)32)27(34)20-12-14-24-25(28(20)35-4)21-15-18(9-13-23(21)31(24)6-2)26(33)17-7-10-19(29)11-8-17/h7-15H,5-6H2,1-4H3/b30-22+. The summed E-state index contributed by atoms with van der Waals surface area (Å²) in [7, 11) is 1.51. The van der Waals surface area contributed by atoms with Crippen LogP contribution in [-0.2, 0) is 16.2 Å². The molecular weight excluding hydrogens is 524 g/mol. The molecule has 0 aliphatic rings. The second kappa shape index (κ2) is 10.5. The van der Waals surface area contributed by atoms with Crippen LogP contribution in [0.5, 0.6) is 5.75 Å². The number of nitrogens with zero attached hydrogens (tertiary/aromatic N) is 2. The minimum atomic E-state index is -0.606. The number of halogens is 1. The third kappa shape index (κ3) is 4.56. The zero-order valence-electron chi connectivity index (χ0n) is 20.4. The summed E-state index contributed by atoms with van der Waals surface area (Å²) in [6, 6.07) is 16.4. The zero-order chi connectivity index (χ0) is 26.0. The molecule has 1 aromatic heterocycles. The van der Waals surface area contributed by atoms with E-state index in [-0.39, 0.29) is 17.9 Å². The summed E-state index contributed by atoms with van der Waals surface area (Å²) in [6.07, 6.45) is 0.274. The molecule has 0 atom stereocenters. The summed E-state index contributed by atoms with van der Waals surface area (Å²) in [4.78, 5) is 42.5. The van der Waals surface area contributed by atoms with Gasteiger partial charge in [-0.3, -0.25) is 9.59 Å². The van der Waals surface area contributed by atoms with Crippen LogP contribution in [0.4, 0.5) is 0 Å². The van der Waals surface area contributed by atoms with Crippen LogP contribution in [0.2, 0.25) is 0 Å². The number of benzene rings is 3. The minimum Gasteiger partial charge on any atom is -0.495 e. The van der Waals surface area contributed by atoms with Crippen molar-refractivity contribution in [2.75, 3.05) is 7.11 Å². The van der Waals surface area contributed by atoms with E-state index in [0.29, 0.717) is 29.0 Å². The van der Waals surface area contributed by atoms with Gasteiger partial charge in [0, 0.05) is 40.0 Å². The average molecular weight is 549 g/mol. The molecule has 0 N–H and O–H groups in total. The number of aryl methyl sites for hydroxylation is 1. The Balaban J connectivity index is 1.94.